The van der Waals surface area contributed by atoms with Crippen molar-refractivity contribution in [2.75, 3.05) is 0 Å². The SMILES string of the molecule is CC=CC(=O)N[C@@H](Cc1cnc[nH]1)C(=O)O. The third kappa shape index (κ3) is 3.56. The van der Waals surface area contributed by atoms with Gasteiger partial charge < -0.3 is 15.4 Å². The minimum absolute atomic E-state index is 0.179. The number of carbonyl (C=O) groups excluding carboxylic acids is 1. The van der Waals surface area contributed by atoms with Gasteiger partial charge >= 0.3 is 5.97 Å². The van der Waals surface area contributed by atoms with Gasteiger partial charge in [0.2, 0.25) is 5.91 Å². The van der Waals surface area contributed by atoms with Gasteiger partial charge in [0.15, 0.2) is 0 Å². The van der Waals surface area contributed by atoms with Crippen molar-refractivity contribution in [1.82, 2.24) is 15.3 Å². The molecule has 0 saturated carbocycles. The minimum atomic E-state index is -1.08. The van der Waals surface area contributed by atoms with Crippen LogP contribution in [0.1, 0.15) is 12.6 Å². The molecule has 0 radical (unpaired) electrons. The van der Waals surface area contributed by atoms with Crippen LogP contribution in [0, 0.1) is 0 Å². The predicted octanol–water partition coefficient (Wildman–Crippen LogP) is 0.0977. The molecule has 0 aliphatic carbocycles. The highest BCUT2D eigenvalue weighted by atomic mass is 16.4. The summed E-state index contributed by atoms with van der Waals surface area (Å²) >= 11 is 0. The third-order valence-corrected chi connectivity index (χ3v) is 1.91. The monoisotopic (exact) mass is 223 g/mol. The van der Waals surface area contributed by atoms with Crippen molar-refractivity contribution in [1.29, 1.82) is 0 Å². The number of carbonyl (C=O) groups is 2. The topological polar surface area (TPSA) is 95.1 Å². The molecule has 1 amide bonds. The number of hydrogen-bond acceptors (Lipinski definition) is 3. The summed E-state index contributed by atoms with van der Waals surface area (Å²) in [7, 11) is 0. The van der Waals surface area contributed by atoms with Crippen molar-refractivity contribution in [3.63, 3.8) is 0 Å². The second-order valence-electron chi connectivity index (χ2n) is 3.18. The van der Waals surface area contributed by atoms with Crippen molar-refractivity contribution < 1.29 is 14.7 Å². The lowest BCUT2D eigenvalue weighted by molar-refractivity contribution is -0.141. The van der Waals surface area contributed by atoms with Crippen LogP contribution in [0.25, 0.3) is 0 Å². The first-order valence-corrected chi connectivity index (χ1v) is 4.76. The van der Waals surface area contributed by atoms with Gasteiger partial charge in [-0.05, 0) is 13.0 Å². The molecule has 0 spiro atoms. The van der Waals surface area contributed by atoms with Crippen molar-refractivity contribution in [3.8, 4) is 0 Å². The molecule has 0 bridgehead atoms. The highest BCUT2D eigenvalue weighted by Gasteiger charge is 2.19. The number of carboxylic acid groups (broad SMARTS) is 1. The van der Waals surface area contributed by atoms with E-state index in [9.17, 15) is 9.59 Å². The van der Waals surface area contributed by atoms with Gasteiger partial charge in [-0.1, -0.05) is 6.08 Å². The molecule has 1 atom stereocenters. The lowest BCUT2D eigenvalue weighted by atomic mass is 10.1. The first-order valence-electron chi connectivity index (χ1n) is 4.76. The van der Waals surface area contributed by atoms with Gasteiger partial charge in [0.1, 0.15) is 6.04 Å². The molecule has 1 rings (SSSR count). The van der Waals surface area contributed by atoms with E-state index in [1.165, 1.54) is 18.6 Å². The van der Waals surface area contributed by atoms with Gasteiger partial charge in [0.25, 0.3) is 0 Å². The molecular weight excluding hydrogens is 210 g/mol. The number of aromatic amines is 1. The number of aliphatic carboxylic acids is 1. The van der Waals surface area contributed by atoms with Gasteiger partial charge in [-0.3, -0.25) is 4.79 Å². The number of nitrogens with zero attached hydrogens (tertiary/aromatic N) is 1. The highest BCUT2D eigenvalue weighted by Crippen LogP contribution is 1.98. The largest absolute Gasteiger partial charge is 0.480 e. The van der Waals surface area contributed by atoms with Crippen LogP contribution in [0.15, 0.2) is 24.7 Å². The third-order valence-electron chi connectivity index (χ3n) is 1.91. The van der Waals surface area contributed by atoms with E-state index in [1.807, 2.05) is 0 Å². The van der Waals surface area contributed by atoms with Crippen molar-refractivity contribution in [2.24, 2.45) is 0 Å². The van der Waals surface area contributed by atoms with Crippen molar-refractivity contribution >= 4 is 11.9 Å². The van der Waals surface area contributed by atoms with Crippen LogP contribution < -0.4 is 5.32 Å². The molecule has 0 saturated heterocycles. The number of allylic oxidation sites excluding steroid dienone is 1. The Bertz CT molecular complexity index is 384. The van der Waals surface area contributed by atoms with E-state index in [0.717, 1.165) is 0 Å². The number of aromatic nitrogens is 2. The maximum Gasteiger partial charge on any atom is 0.326 e. The fourth-order valence-electron chi connectivity index (χ4n) is 1.19. The number of amides is 1. The summed E-state index contributed by atoms with van der Waals surface area (Å²) in [4.78, 5) is 28.7. The van der Waals surface area contributed by atoms with Crippen LogP contribution in [-0.2, 0) is 16.0 Å². The molecule has 1 aromatic heterocycles. The lowest BCUT2D eigenvalue weighted by Crippen LogP contribution is -2.41. The summed E-state index contributed by atoms with van der Waals surface area (Å²) in [5.74, 6) is -1.50. The van der Waals surface area contributed by atoms with E-state index in [0.29, 0.717) is 5.69 Å². The van der Waals surface area contributed by atoms with Crippen LogP contribution in [0.3, 0.4) is 0 Å². The summed E-state index contributed by atoms with van der Waals surface area (Å²) in [5, 5.41) is 11.3. The van der Waals surface area contributed by atoms with Crippen LogP contribution in [-0.4, -0.2) is 33.0 Å². The number of H-pyrrole nitrogens is 1. The van der Waals surface area contributed by atoms with Crippen LogP contribution >= 0.6 is 0 Å². The zero-order chi connectivity index (χ0) is 12.0. The Hall–Kier alpha value is -2.11. The molecule has 1 aromatic rings. The van der Waals surface area contributed by atoms with Crippen molar-refractivity contribution in [2.45, 2.75) is 19.4 Å². The normalized spacial score (nSPS) is 12.6. The smallest absolute Gasteiger partial charge is 0.326 e. The van der Waals surface area contributed by atoms with E-state index < -0.39 is 17.9 Å². The second-order valence-corrected chi connectivity index (χ2v) is 3.18. The number of nitrogens with one attached hydrogen (secondary N) is 2. The number of carboxylic acids is 1. The first-order chi connectivity index (χ1) is 7.63. The zero-order valence-electron chi connectivity index (χ0n) is 8.80. The fraction of sp³-hybridized carbons (Fsp3) is 0.300. The van der Waals surface area contributed by atoms with Gasteiger partial charge in [-0.2, -0.15) is 0 Å². The molecule has 0 aliphatic rings. The van der Waals surface area contributed by atoms with E-state index >= 15 is 0 Å². The molecule has 0 aromatic carbocycles. The molecule has 0 fully saturated rings. The first kappa shape index (κ1) is 12.0. The van der Waals surface area contributed by atoms with Gasteiger partial charge in [0.05, 0.1) is 6.33 Å². The highest BCUT2D eigenvalue weighted by molar-refractivity contribution is 5.91. The Balaban J connectivity index is 2.61. The second kappa shape index (κ2) is 5.69. The maximum absolute atomic E-state index is 11.2. The Morgan fingerprint density at radius 1 is 1.69 bits per heavy atom. The van der Waals surface area contributed by atoms with E-state index in [1.54, 1.807) is 13.0 Å². The van der Waals surface area contributed by atoms with E-state index in [-0.39, 0.29) is 6.42 Å². The molecule has 6 nitrogen and oxygen atoms in total. The van der Waals surface area contributed by atoms with Gasteiger partial charge in [-0.25, -0.2) is 9.78 Å². The molecule has 3 N–H and O–H groups in total. The lowest BCUT2D eigenvalue weighted by Gasteiger charge is -2.11. The van der Waals surface area contributed by atoms with E-state index in [2.05, 4.69) is 15.3 Å². The average Bonchev–Trinajstić information content (AvgIpc) is 2.69. The molecule has 6 heteroatoms. The molecule has 86 valence electrons. The summed E-state index contributed by atoms with van der Waals surface area (Å²) in [6, 6.07) is -0.954. The standard InChI is InChI=1S/C10H13N3O3/c1-2-3-9(14)13-8(10(15)16)4-7-5-11-6-12-7/h2-3,5-6,8H,4H2,1H3,(H,11,12)(H,13,14)(H,15,16)/t8-/m0/s1. The fourth-order valence-corrected chi connectivity index (χ4v) is 1.19. The number of imidazole rings is 1. The molecular formula is C10H13N3O3. The van der Waals surface area contributed by atoms with Gasteiger partial charge in [-0.15, -0.1) is 0 Å². The quantitative estimate of drug-likeness (QED) is 0.617. The van der Waals surface area contributed by atoms with Crippen LogP contribution in [0.5, 0.6) is 0 Å². The molecule has 0 unspecified atom stereocenters. The van der Waals surface area contributed by atoms with E-state index in [4.69, 9.17) is 5.11 Å². The Morgan fingerprint density at radius 2 is 2.44 bits per heavy atom. The van der Waals surface area contributed by atoms with Crippen molar-refractivity contribution in [3.05, 3.63) is 30.4 Å². The Kier molecular flexibility index (Phi) is 4.26. The Labute approximate surface area is 92.4 Å². The zero-order valence-corrected chi connectivity index (χ0v) is 8.80. The maximum atomic E-state index is 11.2. The average molecular weight is 223 g/mol. The van der Waals surface area contributed by atoms with Gasteiger partial charge in [0, 0.05) is 18.3 Å². The number of hydrogen-bond donors (Lipinski definition) is 3. The van der Waals surface area contributed by atoms with Crippen LogP contribution in [0.2, 0.25) is 0 Å². The summed E-state index contributed by atoms with van der Waals surface area (Å²) in [6.07, 6.45) is 5.99. The number of rotatable bonds is 5. The molecule has 1 heterocycles. The Morgan fingerprint density at radius 3 is 2.94 bits per heavy atom. The van der Waals surface area contributed by atoms with Crippen LogP contribution in [0.4, 0.5) is 0 Å². The predicted molar refractivity (Wildman–Crippen MR) is 56.7 cm³/mol. The summed E-state index contributed by atoms with van der Waals surface area (Å²) < 4.78 is 0. The summed E-state index contributed by atoms with van der Waals surface area (Å²) in [6.45, 7) is 1.68. The molecule has 16 heavy (non-hydrogen) atoms. The minimum Gasteiger partial charge on any atom is -0.480 e. The molecule has 0 aliphatic heterocycles. The summed E-state index contributed by atoms with van der Waals surface area (Å²) in [5.41, 5.74) is 0.660.